The van der Waals surface area contributed by atoms with Crippen LogP contribution in [0.1, 0.15) is 91.5 Å². The number of urea groups is 1. The van der Waals surface area contributed by atoms with E-state index in [1.54, 1.807) is 0 Å². The number of aldehydes is 1. The first-order valence-electron chi connectivity index (χ1n) is 18.3. The SMILES string of the molecule is CNC(=O)C(=O)C(CC1CCC1)NC(=O)[C@@H]1C[C@@H](C(C)C)CN1C(=O)[C@@H](NC(=O)NC(C1CCC1)C(C=O)OCc1ccccc1)C(C)(C)C. The molecule has 5 amide bonds. The number of hydrogen-bond acceptors (Lipinski definition) is 7. The van der Waals surface area contributed by atoms with Gasteiger partial charge in [-0.25, -0.2) is 4.79 Å². The van der Waals surface area contributed by atoms with Crippen molar-refractivity contribution in [1.82, 2.24) is 26.2 Å². The minimum absolute atomic E-state index is 0.0157. The van der Waals surface area contributed by atoms with Gasteiger partial charge in [0.25, 0.3) is 5.91 Å². The molecule has 0 bridgehead atoms. The van der Waals surface area contributed by atoms with Crippen LogP contribution in [0.2, 0.25) is 0 Å². The number of Topliss-reactive ketones (excluding diaryl/α,β-unsaturated/α-hetero) is 1. The summed E-state index contributed by atoms with van der Waals surface area (Å²) in [4.78, 5) is 81.2. The van der Waals surface area contributed by atoms with Crippen LogP contribution in [0.5, 0.6) is 0 Å². The van der Waals surface area contributed by atoms with E-state index in [1.165, 1.54) is 11.9 Å². The summed E-state index contributed by atoms with van der Waals surface area (Å²) in [6.07, 6.45) is 6.22. The standard InChI is InChI=1S/C38H57N5O7/c1-23(2)27-19-29(34(46)40-28(18-24-14-10-15-24)32(45)35(47)39-6)43(20-27)36(48)33(38(3,4)5)42-37(49)41-31(26-16-11-17-26)30(21-44)50-22-25-12-8-7-9-13-25/h7-9,12-13,21,23-24,26-31,33H,10-11,14-20,22H2,1-6H3,(H,39,47)(H,40,46)(H2,41,42,49)/t27-,28?,29+,30?,31?,33-/m1/s1. The number of hydrogen-bond donors (Lipinski definition) is 4. The zero-order valence-electron chi connectivity index (χ0n) is 30.5. The molecule has 2 aliphatic carbocycles. The second kappa shape index (κ2) is 17.4. The van der Waals surface area contributed by atoms with Crippen LogP contribution in [-0.2, 0) is 35.3 Å². The topological polar surface area (TPSA) is 163 Å². The van der Waals surface area contributed by atoms with Crippen molar-refractivity contribution in [3.63, 3.8) is 0 Å². The summed E-state index contributed by atoms with van der Waals surface area (Å²) in [5.74, 6) is -1.85. The molecule has 2 saturated carbocycles. The highest BCUT2D eigenvalue weighted by Gasteiger charge is 2.47. The molecule has 1 heterocycles. The zero-order chi connectivity index (χ0) is 36.6. The molecule has 4 rings (SSSR count). The maximum atomic E-state index is 14.4. The number of benzene rings is 1. The molecule has 50 heavy (non-hydrogen) atoms. The molecule has 4 N–H and O–H groups in total. The van der Waals surface area contributed by atoms with Crippen molar-refractivity contribution in [2.75, 3.05) is 13.6 Å². The number of nitrogens with one attached hydrogen (secondary N) is 4. The van der Waals surface area contributed by atoms with Crippen LogP contribution in [0.15, 0.2) is 30.3 Å². The number of amides is 5. The van der Waals surface area contributed by atoms with Crippen LogP contribution in [0.4, 0.5) is 4.79 Å². The molecule has 276 valence electrons. The number of ketones is 1. The monoisotopic (exact) mass is 695 g/mol. The summed E-state index contributed by atoms with van der Waals surface area (Å²) >= 11 is 0. The van der Waals surface area contributed by atoms with Crippen molar-refractivity contribution in [3.05, 3.63) is 35.9 Å². The fourth-order valence-corrected chi connectivity index (χ4v) is 7.09. The number of likely N-dealkylation sites (tertiary alicyclic amines) is 1. The Morgan fingerprint density at radius 3 is 2.12 bits per heavy atom. The van der Waals surface area contributed by atoms with E-state index in [2.05, 4.69) is 21.3 Å². The van der Waals surface area contributed by atoms with Crippen LogP contribution in [0.3, 0.4) is 0 Å². The Morgan fingerprint density at radius 1 is 0.940 bits per heavy atom. The van der Waals surface area contributed by atoms with Gasteiger partial charge in [0.15, 0.2) is 6.29 Å². The Balaban J connectivity index is 1.50. The number of likely N-dealkylation sites (N-methyl/N-ethyl adjacent to an activating group) is 1. The highest BCUT2D eigenvalue weighted by Crippen LogP contribution is 2.34. The third-order valence-electron chi connectivity index (χ3n) is 10.9. The lowest BCUT2D eigenvalue weighted by atomic mass is 9.78. The summed E-state index contributed by atoms with van der Waals surface area (Å²) in [5.41, 5.74) is 0.165. The van der Waals surface area contributed by atoms with Crippen LogP contribution in [0, 0.1) is 29.1 Å². The summed E-state index contributed by atoms with van der Waals surface area (Å²) < 4.78 is 6.00. The Bertz CT molecular complexity index is 1350. The molecule has 12 heteroatoms. The van der Waals surface area contributed by atoms with Gasteiger partial charge in [-0.2, -0.15) is 0 Å². The van der Waals surface area contributed by atoms with Gasteiger partial charge in [0, 0.05) is 13.6 Å². The van der Waals surface area contributed by atoms with E-state index in [-0.39, 0.29) is 30.3 Å². The normalized spacial score (nSPS) is 21.9. The molecule has 0 radical (unpaired) electrons. The van der Waals surface area contributed by atoms with Gasteiger partial charge in [0.1, 0.15) is 18.2 Å². The number of nitrogens with zero attached hydrogens (tertiary/aromatic N) is 1. The molecule has 6 atom stereocenters. The van der Waals surface area contributed by atoms with Gasteiger partial charge in [-0.15, -0.1) is 0 Å². The van der Waals surface area contributed by atoms with Gasteiger partial charge >= 0.3 is 6.03 Å². The predicted molar refractivity (Wildman–Crippen MR) is 189 cm³/mol. The van der Waals surface area contributed by atoms with Gasteiger partial charge in [0.2, 0.25) is 17.6 Å². The maximum Gasteiger partial charge on any atom is 0.315 e. The largest absolute Gasteiger partial charge is 0.364 e. The van der Waals surface area contributed by atoms with Crippen molar-refractivity contribution in [3.8, 4) is 0 Å². The quantitative estimate of drug-likeness (QED) is 0.152. The van der Waals surface area contributed by atoms with E-state index in [9.17, 15) is 28.8 Å². The van der Waals surface area contributed by atoms with Crippen LogP contribution >= 0.6 is 0 Å². The van der Waals surface area contributed by atoms with E-state index in [4.69, 9.17) is 4.74 Å². The lowest BCUT2D eigenvalue weighted by Crippen LogP contribution is -2.62. The Morgan fingerprint density at radius 2 is 1.60 bits per heavy atom. The molecule has 0 spiro atoms. The van der Waals surface area contributed by atoms with Crippen LogP contribution in [0.25, 0.3) is 0 Å². The summed E-state index contributed by atoms with van der Waals surface area (Å²) in [6.45, 7) is 10.1. The average molecular weight is 696 g/mol. The van der Waals surface area contributed by atoms with E-state index < -0.39 is 65.2 Å². The molecule has 3 fully saturated rings. The van der Waals surface area contributed by atoms with E-state index >= 15 is 0 Å². The van der Waals surface area contributed by atoms with E-state index in [1.807, 2.05) is 65.0 Å². The first-order chi connectivity index (χ1) is 23.7. The molecule has 3 unspecified atom stereocenters. The van der Waals surface area contributed by atoms with E-state index in [0.29, 0.717) is 19.4 Å². The highest BCUT2D eigenvalue weighted by atomic mass is 16.5. The molecule has 1 saturated heterocycles. The molecule has 0 aromatic heterocycles. The molecule has 1 aliphatic heterocycles. The van der Waals surface area contributed by atoms with Gasteiger partial charge in [0.05, 0.1) is 18.7 Å². The van der Waals surface area contributed by atoms with Crippen molar-refractivity contribution in [1.29, 1.82) is 0 Å². The molecule has 12 nitrogen and oxygen atoms in total. The molecular formula is C38H57N5O7. The second-order valence-corrected chi connectivity index (χ2v) is 15.8. The fraction of sp³-hybridized carbons (Fsp3) is 0.684. The number of ether oxygens (including phenoxy) is 1. The maximum absolute atomic E-state index is 14.4. The lowest BCUT2D eigenvalue weighted by Gasteiger charge is -2.39. The first kappa shape index (κ1) is 39.0. The number of rotatable bonds is 16. The smallest absolute Gasteiger partial charge is 0.315 e. The Labute approximate surface area is 296 Å². The van der Waals surface area contributed by atoms with Crippen LogP contribution < -0.4 is 21.3 Å². The minimum atomic E-state index is -1.01. The third kappa shape index (κ3) is 9.92. The van der Waals surface area contributed by atoms with E-state index in [0.717, 1.165) is 50.4 Å². The summed E-state index contributed by atoms with van der Waals surface area (Å²) in [7, 11) is 1.38. The van der Waals surface area contributed by atoms with Gasteiger partial charge < -0.3 is 35.7 Å². The molecular weight excluding hydrogens is 638 g/mol. The molecule has 3 aliphatic rings. The summed E-state index contributed by atoms with van der Waals surface area (Å²) in [6, 6.07) is 5.45. The third-order valence-corrected chi connectivity index (χ3v) is 10.9. The van der Waals surface area contributed by atoms with Crippen molar-refractivity contribution < 1.29 is 33.5 Å². The molecule has 1 aromatic rings. The predicted octanol–water partition coefficient (Wildman–Crippen LogP) is 3.52. The number of carbonyl (C=O) groups excluding carboxylic acids is 6. The average Bonchev–Trinajstić information content (AvgIpc) is 3.49. The van der Waals surface area contributed by atoms with Crippen molar-refractivity contribution >= 4 is 35.8 Å². The Hall–Kier alpha value is -3.80. The van der Waals surface area contributed by atoms with Crippen molar-refractivity contribution in [2.24, 2.45) is 29.1 Å². The van der Waals surface area contributed by atoms with Gasteiger partial charge in [-0.05, 0) is 60.3 Å². The zero-order valence-corrected chi connectivity index (χ0v) is 30.5. The van der Waals surface area contributed by atoms with Crippen molar-refractivity contribution in [2.45, 2.75) is 123 Å². The second-order valence-electron chi connectivity index (χ2n) is 15.8. The molecule has 1 aromatic carbocycles. The number of carbonyl (C=O) groups is 6. The van der Waals surface area contributed by atoms with Gasteiger partial charge in [-0.1, -0.05) is 90.6 Å². The summed E-state index contributed by atoms with van der Waals surface area (Å²) in [5, 5.41) is 11.1. The first-order valence-corrected chi connectivity index (χ1v) is 18.3. The highest BCUT2D eigenvalue weighted by molar-refractivity contribution is 6.38. The van der Waals surface area contributed by atoms with Crippen LogP contribution in [-0.4, -0.2) is 84.6 Å². The minimum Gasteiger partial charge on any atom is -0.364 e. The Kier molecular flexibility index (Phi) is 13.6. The fourth-order valence-electron chi connectivity index (χ4n) is 7.09. The van der Waals surface area contributed by atoms with Gasteiger partial charge in [-0.3, -0.25) is 19.2 Å². The lowest BCUT2D eigenvalue weighted by molar-refractivity contribution is -0.144.